The first kappa shape index (κ1) is 11.2. The first-order valence-electron chi connectivity index (χ1n) is 5.11. The van der Waals surface area contributed by atoms with Gasteiger partial charge in [0, 0.05) is 12.7 Å². The third kappa shape index (κ3) is 2.46. The summed E-state index contributed by atoms with van der Waals surface area (Å²) in [5.41, 5.74) is 1.20. The Balaban J connectivity index is 2.24. The minimum absolute atomic E-state index is 0.826. The van der Waals surface area contributed by atoms with Gasteiger partial charge in [-0.25, -0.2) is 4.98 Å². The number of nitrogens with one attached hydrogen (secondary N) is 1. The molecule has 0 aliphatic heterocycles. The van der Waals surface area contributed by atoms with Crippen molar-refractivity contribution >= 4 is 11.8 Å². The van der Waals surface area contributed by atoms with Gasteiger partial charge in [0.25, 0.3) is 0 Å². The highest BCUT2D eigenvalue weighted by atomic mass is 32.2. The van der Waals surface area contributed by atoms with Gasteiger partial charge in [-0.1, -0.05) is 17.8 Å². The number of aromatic nitrogens is 1. The van der Waals surface area contributed by atoms with Crippen LogP contribution in [0.4, 0.5) is 0 Å². The molecule has 84 valence electrons. The molecule has 1 N–H and O–H groups in total. The lowest BCUT2D eigenvalue weighted by molar-refractivity contribution is 0.527. The molecule has 0 aliphatic rings. The van der Waals surface area contributed by atoms with Crippen LogP contribution in [-0.4, -0.2) is 12.0 Å². The zero-order chi connectivity index (χ0) is 11.4. The molecule has 3 nitrogen and oxygen atoms in total. The number of hydrogen-bond acceptors (Lipinski definition) is 4. The highest BCUT2D eigenvalue weighted by Gasteiger charge is 2.08. The van der Waals surface area contributed by atoms with E-state index in [0.717, 1.165) is 22.2 Å². The molecule has 0 fully saturated rings. The molecule has 2 aromatic rings. The van der Waals surface area contributed by atoms with Crippen molar-refractivity contribution in [2.24, 2.45) is 0 Å². The zero-order valence-corrected chi connectivity index (χ0v) is 10.2. The van der Waals surface area contributed by atoms with E-state index in [1.54, 1.807) is 18.0 Å². The van der Waals surface area contributed by atoms with Crippen LogP contribution < -0.4 is 5.32 Å². The average Bonchev–Trinajstić information content (AvgIpc) is 2.68. The van der Waals surface area contributed by atoms with Crippen LogP contribution in [0.1, 0.15) is 11.3 Å². The van der Waals surface area contributed by atoms with Gasteiger partial charge in [0.2, 0.25) is 0 Å². The Morgan fingerprint density at radius 2 is 2.31 bits per heavy atom. The van der Waals surface area contributed by atoms with E-state index in [0.29, 0.717) is 0 Å². The monoisotopic (exact) mass is 234 g/mol. The number of aryl methyl sites for hydroxylation is 1. The van der Waals surface area contributed by atoms with Gasteiger partial charge in [0.1, 0.15) is 10.8 Å². The lowest BCUT2D eigenvalue weighted by Crippen LogP contribution is -2.06. The van der Waals surface area contributed by atoms with Gasteiger partial charge in [-0.2, -0.15) is 0 Å². The van der Waals surface area contributed by atoms with Crippen molar-refractivity contribution in [2.45, 2.75) is 23.4 Å². The third-order valence-electron chi connectivity index (χ3n) is 2.24. The maximum atomic E-state index is 5.27. The Kier molecular flexibility index (Phi) is 3.64. The predicted octanol–water partition coefficient (Wildman–Crippen LogP) is 2.85. The standard InChI is InChI=1S/C12H14N2OS/c1-9-11(5-7-15-9)16-12-10(8-13-2)4-3-6-14-12/h3-7,13H,8H2,1-2H3. The first-order chi connectivity index (χ1) is 7.81. The summed E-state index contributed by atoms with van der Waals surface area (Å²) in [6.07, 6.45) is 3.52. The lowest BCUT2D eigenvalue weighted by Gasteiger charge is -2.06. The van der Waals surface area contributed by atoms with Gasteiger partial charge in [-0.3, -0.25) is 0 Å². The number of hydrogen-bond donors (Lipinski definition) is 1. The molecule has 0 saturated heterocycles. The molecule has 4 heteroatoms. The predicted molar refractivity (Wildman–Crippen MR) is 64.6 cm³/mol. The van der Waals surface area contributed by atoms with Gasteiger partial charge < -0.3 is 9.73 Å². The van der Waals surface area contributed by atoms with E-state index in [1.807, 2.05) is 32.3 Å². The molecule has 2 heterocycles. The average molecular weight is 234 g/mol. The molecular weight excluding hydrogens is 220 g/mol. The summed E-state index contributed by atoms with van der Waals surface area (Å²) in [6.45, 7) is 2.79. The molecule has 2 rings (SSSR count). The molecule has 0 aromatic carbocycles. The smallest absolute Gasteiger partial charge is 0.114 e. The molecule has 0 atom stereocenters. The quantitative estimate of drug-likeness (QED) is 0.882. The van der Waals surface area contributed by atoms with Crippen LogP contribution in [0.2, 0.25) is 0 Å². The zero-order valence-electron chi connectivity index (χ0n) is 9.36. The number of pyridine rings is 1. The molecule has 16 heavy (non-hydrogen) atoms. The Labute approximate surface area is 99.3 Å². The summed E-state index contributed by atoms with van der Waals surface area (Å²) in [6, 6.07) is 6.01. The van der Waals surface area contributed by atoms with Crippen LogP contribution in [0.5, 0.6) is 0 Å². The maximum absolute atomic E-state index is 5.27. The molecule has 0 amide bonds. The van der Waals surface area contributed by atoms with Crippen molar-refractivity contribution in [2.75, 3.05) is 7.05 Å². The van der Waals surface area contributed by atoms with E-state index in [4.69, 9.17) is 4.42 Å². The Bertz CT molecular complexity index is 468. The third-order valence-corrected chi connectivity index (χ3v) is 3.44. The fourth-order valence-electron chi connectivity index (χ4n) is 1.42. The van der Waals surface area contributed by atoms with Crippen molar-refractivity contribution in [1.29, 1.82) is 0 Å². The first-order valence-corrected chi connectivity index (χ1v) is 5.93. The van der Waals surface area contributed by atoms with Gasteiger partial charge >= 0.3 is 0 Å². The van der Waals surface area contributed by atoms with E-state index < -0.39 is 0 Å². The van der Waals surface area contributed by atoms with Gasteiger partial charge in [0.05, 0.1) is 11.2 Å². The maximum Gasteiger partial charge on any atom is 0.114 e. The number of furan rings is 1. The van der Waals surface area contributed by atoms with Crippen LogP contribution >= 0.6 is 11.8 Å². The summed E-state index contributed by atoms with van der Waals surface area (Å²) in [7, 11) is 1.94. The van der Waals surface area contributed by atoms with Crippen LogP contribution in [0.3, 0.4) is 0 Å². The fraction of sp³-hybridized carbons (Fsp3) is 0.250. The highest BCUT2D eigenvalue weighted by molar-refractivity contribution is 7.99. The number of nitrogens with zero attached hydrogens (tertiary/aromatic N) is 1. The van der Waals surface area contributed by atoms with Crippen LogP contribution in [0.15, 0.2) is 45.0 Å². The summed E-state index contributed by atoms with van der Waals surface area (Å²) in [5, 5.41) is 4.17. The molecule has 0 aliphatic carbocycles. The van der Waals surface area contributed by atoms with Crippen molar-refractivity contribution in [3.05, 3.63) is 42.0 Å². The second-order valence-corrected chi connectivity index (χ2v) is 4.47. The molecular formula is C12H14N2OS. The van der Waals surface area contributed by atoms with E-state index >= 15 is 0 Å². The van der Waals surface area contributed by atoms with Crippen molar-refractivity contribution < 1.29 is 4.42 Å². The minimum atomic E-state index is 0.826. The normalized spacial score (nSPS) is 10.6. The Morgan fingerprint density at radius 1 is 1.44 bits per heavy atom. The number of rotatable bonds is 4. The second-order valence-electron chi connectivity index (χ2n) is 3.44. The van der Waals surface area contributed by atoms with E-state index in [1.165, 1.54) is 5.56 Å². The largest absolute Gasteiger partial charge is 0.468 e. The van der Waals surface area contributed by atoms with Crippen molar-refractivity contribution in [1.82, 2.24) is 10.3 Å². The van der Waals surface area contributed by atoms with E-state index in [9.17, 15) is 0 Å². The van der Waals surface area contributed by atoms with E-state index in [2.05, 4.69) is 16.4 Å². The molecule has 0 bridgehead atoms. The van der Waals surface area contributed by atoms with Crippen LogP contribution in [0, 0.1) is 6.92 Å². The summed E-state index contributed by atoms with van der Waals surface area (Å²) >= 11 is 1.64. The lowest BCUT2D eigenvalue weighted by atomic mass is 10.3. The van der Waals surface area contributed by atoms with Crippen LogP contribution in [0.25, 0.3) is 0 Å². The highest BCUT2D eigenvalue weighted by Crippen LogP contribution is 2.31. The van der Waals surface area contributed by atoms with Gasteiger partial charge in [-0.15, -0.1) is 0 Å². The van der Waals surface area contributed by atoms with Crippen LogP contribution in [-0.2, 0) is 6.54 Å². The Hall–Kier alpha value is -1.26. The van der Waals surface area contributed by atoms with Crippen molar-refractivity contribution in [3.8, 4) is 0 Å². The fourth-order valence-corrected chi connectivity index (χ4v) is 2.33. The second kappa shape index (κ2) is 5.18. The minimum Gasteiger partial charge on any atom is -0.468 e. The molecule has 0 radical (unpaired) electrons. The molecule has 0 spiro atoms. The summed E-state index contributed by atoms with van der Waals surface area (Å²) in [5.74, 6) is 0.936. The van der Waals surface area contributed by atoms with E-state index in [-0.39, 0.29) is 0 Å². The van der Waals surface area contributed by atoms with Crippen molar-refractivity contribution in [3.63, 3.8) is 0 Å². The molecule has 0 saturated carbocycles. The molecule has 2 aromatic heterocycles. The Morgan fingerprint density at radius 3 is 3.00 bits per heavy atom. The van der Waals surface area contributed by atoms with Gasteiger partial charge in [-0.05, 0) is 31.7 Å². The topological polar surface area (TPSA) is 38.1 Å². The van der Waals surface area contributed by atoms with Gasteiger partial charge in [0.15, 0.2) is 0 Å². The summed E-state index contributed by atoms with van der Waals surface area (Å²) < 4.78 is 5.27. The molecule has 0 unspecified atom stereocenters. The summed E-state index contributed by atoms with van der Waals surface area (Å²) in [4.78, 5) is 5.52. The SMILES string of the molecule is CNCc1cccnc1Sc1ccoc1C.